The van der Waals surface area contributed by atoms with Gasteiger partial charge in [0.05, 0.1) is 16.9 Å². The average Bonchev–Trinajstić information content (AvgIpc) is 3.11. The van der Waals surface area contributed by atoms with Crippen LogP contribution >= 0.6 is 11.8 Å². The second-order valence-electron chi connectivity index (χ2n) is 8.27. The molecule has 0 aliphatic heterocycles. The van der Waals surface area contributed by atoms with Crippen LogP contribution in [0.25, 0.3) is 0 Å². The monoisotopic (exact) mass is 450 g/mol. The largest absolute Gasteiger partial charge is 0.486 e. The Morgan fingerprint density at radius 3 is 2.44 bits per heavy atom. The first-order chi connectivity index (χ1) is 15.2. The summed E-state index contributed by atoms with van der Waals surface area (Å²) in [5.74, 6) is 7.07. The van der Waals surface area contributed by atoms with Crippen LogP contribution < -0.4 is 15.9 Å². The van der Waals surface area contributed by atoms with E-state index in [4.69, 9.17) is 15.8 Å². The number of nitrogens with one attached hydrogen (secondary N) is 1. The molecule has 0 saturated heterocycles. The molecule has 0 fully saturated rings. The zero-order valence-electron chi connectivity index (χ0n) is 18.5. The highest BCUT2D eigenvalue weighted by Crippen LogP contribution is 2.25. The zero-order valence-corrected chi connectivity index (χ0v) is 19.3. The lowest BCUT2D eigenvalue weighted by Gasteiger charge is -2.19. The fourth-order valence-electron chi connectivity index (χ4n) is 2.77. The normalized spacial score (nSPS) is 12.1. The minimum Gasteiger partial charge on any atom is -0.486 e. The summed E-state index contributed by atoms with van der Waals surface area (Å²) >= 11 is 1.20. The van der Waals surface area contributed by atoms with Crippen LogP contribution in [0.15, 0.2) is 53.7 Å². The number of hydrogen-bond donors (Lipinski definition) is 2. The number of carbonyl (C=O) groups excluding carboxylic acids is 1. The molecule has 1 unspecified atom stereocenters. The third-order valence-corrected chi connectivity index (χ3v) is 5.81. The third-order valence-electron chi connectivity index (χ3n) is 4.76. The number of nitrogens with zero attached hydrogens (tertiary/aromatic N) is 4. The van der Waals surface area contributed by atoms with Crippen LogP contribution in [0.1, 0.15) is 44.6 Å². The van der Waals surface area contributed by atoms with Crippen LogP contribution in [0, 0.1) is 11.3 Å². The number of amides is 1. The molecule has 1 amide bonds. The maximum absolute atomic E-state index is 12.5. The van der Waals surface area contributed by atoms with Gasteiger partial charge in [0.2, 0.25) is 11.1 Å². The molecule has 166 valence electrons. The summed E-state index contributed by atoms with van der Waals surface area (Å²) in [6.07, 6.45) is 0. The number of rotatable bonds is 7. The highest BCUT2D eigenvalue weighted by Gasteiger charge is 2.20. The van der Waals surface area contributed by atoms with Gasteiger partial charge in [0, 0.05) is 5.69 Å². The summed E-state index contributed by atoms with van der Waals surface area (Å²) in [6.45, 7) is 8.38. The van der Waals surface area contributed by atoms with E-state index in [9.17, 15) is 4.79 Å². The van der Waals surface area contributed by atoms with E-state index in [0.29, 0.717) is 28.0 Å². The van der Waals surface area contributed by atoms with Gasteiger partial charge in [0.25, 0.3) is 0 Å². The van der Waals surface area contributed by atoms with E-state index in [1.807, 2.05) is 30.3 Å². The Morgan fingerprint density at radius 2 is 1.84 bits per heavy atom. The van der Waals surface area contributed by atoms with E-state index < -0.39 is 5.25 Å². The van der Waals surface area contributed by atoms with Crippen molar-refractivity contribution in [3.05, 3.63) is 65.5 Å². The van der Waals surface area contributed by atoms with E-state index >= 15 is 0 Å². The van der Waals surface area contributed by atoms with Crippen LogP contribution in [0.4, 0.5) is 5.69 Å². The van der Waals surface area contributed by atoms with Crippen molar-refractivity contribution in [2.75, 3.05) is 11.2 Å². The summed E-state index contributed by atoms with van der Waals surface area (Å²) < 4.78 is 7.12. The van der Waals surface area contributed by atoms with E-state index in [2.05, 4.69) is 36.3 Å². The van der Waals surface area contributed by atoms with Crippen LogP contribution in [-0.4, -0.2) is 26.0 Å². The Bertz CT molecular complexity index is 1110. The molecular weight excluding hydrogens is 424 g/mol. The number of hydrogen-bond acceptors (Lipinski definition) is 7. The Kier molecular flexibility index (Phi) is 7.05. The van der Waals surface area contributed by atoms with Gasteiger partial charge in [-0.05, 0) is 54.3 Å². The van der Waals surface area contributed by atoms with E-state index in [-0.39, 0.29) is 17.9 Å². The molecule has 0 spiro atoms. The minimum atomic E-state index is -0.462. The standard InChI is InChI=1S/C23H26N6O2S/c1-15(21(30)26-18-9-5-16(13-24)6-10-18)32-22-28-27-20(29(22)25)14-31-19-11-7-17(8-12-19)23(2,3)4/h5-12,15H,14,25H2,1-4H3,(H,26,30). The number of nitrogens with two attached hydrogens (primary N) is 1. The number of carbonyl (C=O) groups is 1. The van der Waals surface area contributed by atoms with Gasteiger partial charge >= 0.3 is 0 Å². The SMILES string of the molecule is CC(Sc1nnc(COc2ccc(C(C)(C)C)cc2)n1N)C(=O)Nc1ccc(C#N)cc1. The molecule has 1 atom stereocenters. The molecule has 0 saturated carbocycles. The van der Waals surface area contributed by atoms with Crippen LogP contribution in [0.5, 0.6) is 5.75 Å². The smallest absolute Gasteiger partial charge is 0.237 e. The van der Waals surface area contributed by atoms with Crippen molar-refractivity contribution in [3.63, 3.8) is 0 Å². The number of aromatic nitrogens is 3. The molecule has 9 heteroatoms. The number of nitriles is 1. The molecule has 3 N–H and O–H groups in total. The van der Waals surface area contributed by atoms with Crippen molar-refractivity contribution in [1.82, 2.24) is 14.9 Å². The van der Waals surface area contributed by atoms with E-state index in [1.165, 1.54) is 22.0 Å². The zero-order chi connectivity index (χ0) is 23.3. The number of benzene rings is 2. The van der Waals surface area contributed by atoms with Crippen molar-refractivity contribution in [1.29, 1.82) is 5.26 Å². The lowest BCUT2D eigenvalue weighted by atomic mass is 9.87. The van der Waals surface area contributed by atoms with Crippen LogP contribution in [0.2, 0.25) is 0 Å². The van der Waals surface area contributed by atoms with Gasteiger partial charge < -0.3 is 15.9 Å². The Hall–Kier alpha value is -3.51. The van der Waals surface area contributed by atoms with Gasteiger partial charge in [0.15, 0.2) is 5.82 Å². The highest BCUT2D eigenvalue weighted by molar-refractivity contribution is 8.00. The quantitative estimate of drug-likeness (QED) is 0.414. The van der Waals surface area contributed by atoms with Crippen molar-refractivity contribution in [2.24, 2.45) is 0 Å². The van der Waals surface area contributed by atoms with Crippen LogP contribution in [-0.2, 0) is 16.8 Å². The van der Waals surface area contributed by atoms with Crippen molar-refractivity contribution < 1.29 is 9.53 Å². The Balaban J connectivity index is 1.56. The summed E-state index contributed by atoms with van der Waals surface area (Å²) in [5.41, 5.74) is 2.44. The number of thioether (sulfide) groups is 1. The van der Waals surface area contributed by atoms with Crippen molar-refractivity contribution in [2.45, 2.75) is 50.1 Å². The molecule has 0 aliphatic carbocycles. The fraction of sp³-hybridized carbons (Fsp3) is 0.304. The van der Waals surface area contributed by atoms with E-state index in [0.717, 1.165) is 0 Å². The molecular formula is C23H26N6O2S. The van der Waals surface area contributed by atoms with Gasteiger partial charge in [-0.2, -0.15) is 5.26 Å². The minimum absolute atomic E-state index is 0.0746. The summed E-state index contributed by atoms with van der Waals surface area (Å²) in [4.78, 5) is 12.5. The predicted molar refractivity (Wildman–Crippen MR) is 125 cm³/mol. The molecule has 8 nitrogen and oxygen atoms in total. The molecule has 0 bridgehead atoms. The van der Waals surface area contributed by atoms with E-state index in [1.54, 1.807) is 31.2 Å². The first kappa shape index (κ1) is 23.2. The third kappa shape index (κ3) is 5.80. The van der Waals surface area contributed by atoms with Gasteiger partial charge in [-0.25, -0.2) is 4.68 Å². The van der Waals surface area contributed by atoms with Crippen LogP contribution in [0.3, 0.4) is 0 Å². The topological polar surface area (TPSA) is 119 Å². The molecule has 3 aromatic rings. The lowest BCUT2D eigenvalue weighted by Crippen LogP contribution is -2.24. The number of nitrogen functional groups attached to an aromatic ring is 1. The second kappa shape index (κ2) is 9.75. The van der Waals surface area contributed by atoms with Crippen molar-refractivity contribution >= 4 is 23.4 Å². The number of ether oxygens (including phenoxy) is 1. The molecule has 1 aromatic heterocycles. The Labute approximate surface area is 191 Å². The second-order valence-corrected chi connectivity index (χ2v) is 9.58. The maximum Gasteiger partial charge on any atom is 0.237 e. The number of anilines is 1. The van der Waals surface area contributed by atoms with Gasteiger partial charge in [-0.1, -0.05) is 44.7 Å². The summed E-state index contributed by atoms with van der Waals surface area (Å²) in [6, 6.07) is 16.6. The molecule has 3 rings (SSSR count). The van der Waals surface area contributed by atoms with Gasteiger partial charge in [-0.15, -0.1) is 10.2 Å². The van der Waals surface area contributed by atoms with Gasteiger partial charge in [-0.3, -0.25) is 4.79 Å². The highest BCUT2D eigenvalue weighted by atomic mass is 32.2. The maximum atomic E-state index is 12.5. The van der Waals surface area contributed by atoms with Gasteiger partial charge in [0.1, 0.15) is 12.4 Å². The molecule has 2 aromatic carbocycles. The lowest BCUT2D eigenvalue weighted by molar-refractivity contribution is -0.115. The molecule has 0 radical (unpaired) electrons. The average molecular weight is 451 g/mol. The summed E-state index contributed by atoms with van der Waals surface area (Å²) in [5, 5.41) is 19.8. The summed E-state index contributed by atoms with van der Waals surface area (Å²) in [7, 11) is 0. The molecule has 32 heavy (non-hydrogen) atoms. The first-order valence-electron chi connectivity index (χ1n) is 10.1. The molecule has 0 aliphatic rings. The van der Waals surface area contributed by atoms with Crippen molar-refractivity contribution in [3.8, 4) is 11.8 Å². The molecule has 1 heterocycles. The predicted octanol–water partition coefficient (Wildman–Crippen LogP) is 3.86. The Morgan fingerprint density at radius 1 is 1.19 bits per heavy atom. The fourth-order valence-corrected chi connectivity index (χ4v) is 3.56. The first-order valence-corrected chi connectivity index (χ1v) is 11.0.